The minimum Gasteiger partial charge on any atom is -0.352 e. The van der Waals surface area contributed by atoms with Crippen LogP contribution < -0.4 is 5.32 Å². The summed E-state index contributed by atoms with van der Waals surface area (Å²) in [6.07, 6.45) is 5.42. The first-order chi connectivity index (χ1) is 14.8. The SMILES string of the molecule is O=C(NCC1CCC(F)(F)CC1)c1cn(CC(=O)N2CCCCC2)c2cccc(Cl)c12. The average Bonchev–Trinajstić information content (AvgIpc) is 3.13. The van der Waals surface area contributed by atoms with Crippen LogP contribution in [0.15, 0.2) is 24.4 Å². The van der Waals surface area contributed by atoms with E-state index in [2.05, 4.69) is 5.32 Å². The average molecular weight is 452 g/mol. The van der Waals surface area contributed by atoms with Crippen molar-refractivity contribution in [1.82, 2.24) is 14.8 Å². The second-order valence-electron chi connectivity index (χ2n) is 8.76. The Bertz CT molecular complexity index is 959. The van der Waals surface area contributed by atoms with E-state index in [1.807, 2.05) is 11.0 Å². The monoisotopic (exact) mass is 451 g/mol. The molecule has 2 heterocycles. The molecule has 0 spiro atoms. The molecule has 31 heavy (non-hydrogen) atoms. The summed E-state index contributed by atoms with van der Waals surface area (Å²) in [6.45, 7) is 2.06. The van der Waals surface area contributed by atoms with Gasteiger partial charge in [0.05, 0.1) is 16.1 Å². The number of nitrogens with zero attached hydrogens (tertiary/aromatic N) is 2. The van der Waals surface area contributed by atoms with Crippen molar-refractivity contribution in [1.29, 1.82) is 0 Å². The zero-order valence-electron chi connectivity index (χ0n) is 17.5. The smallest absolute Gasteiger partial charge is 0.253 e. The van der Waals surface area contributed by atoms with Crippen LogP contribution in [0, 0.1) is 5.92 Å². The summed E-state index contributed by atoms with van der Waals surface area (Å²) < 4.78 is 28.5. The molecule has 168 valence electrons. The number of fused-ring (bicyclic) bond motifs is 1. The van der Waals surface area contributed by atoms with Crippen molar-refractivity contribution in [2.75, 3.05) is 19.6 Å². The predicted octanol–water partition coefficient (Wildman–Crippen LogP) is 4.86. The molecule has 2 amide bonds. The van der Waals surface area contributed by atoms with Crippen molar-refractivity contribution in [2.24, 2.45) is 5.92 Å². The Labute approximate surface area is 185 Å². The molecule has 1 aromatic heterocycles. The fraction of sp³-hybridized carbons (Fsp3) is 0.565. The van der Waals surface area contributed by atoms with E-state index in [9.17, 15) is 18.4 Å². The molecule has 1 aliphatic carbocycles. The number of halogens is 3. The molecule has 0 radical (unpaired) electrons. The van der Waals surface area contributed by atoms with Crippen LogP contribution in [0.4, 0.5) is 8.78 Å². The fourth-order valence-corrected chi connectivity index (χ4v) is 4.91. The molecule has 2 fully saturated rings. The first-order valence-electron chi connectivity index (χ1n) is 11.1. The van der Waals surface area contributed by atoms with Crippen molar-refractivity contribution >= 4 is 34.3 Å². The second kappa shape index (κ2) is 9.15. The summed E-state index contributed by atoms with van der Waals surface area (Å²) in [5.41, 5.74) is 1.15. The van der Waals surface area contributed by atoms with E-state index in [1.54, 1.807) is 22.9 Å². The maximum Gasteiger partial charge on any atom is 0.253 e. The number of hydrogen-bond donors (Lipinski definition) is 1. The molecule has 0 atom stereocenters. The van der Waals surface area contributed by atoms with Crippen LogP contribution in [0.3, 0.4) is 0 Å². The molecule has 0 unspecified atom stereocenters. The lowest BCUT2D eigenvalue weighted by Crippen LogP contribution is -2.37. The molecule has 1 saturated heterocycles. The topological polar surface area (TPSA) is 54.3 Å². The van der Waals surface area contributed by atoms with Gasteiger partial charge in [0.2, 0.25) is 11.8 Å². The van der Waals surface area contributed by atoms with Crippen molar-refractivity contribution in [3.05, 3.63) is 35.0 Å². The minimum atomic E-state index is -2.58. The number of likely N-dealkylation sites (tertiary alicyclic amines) is 1. The molecule has 1 saturated carbocycles. The highest BCUT2D eigenvalue weighted by atomic mass is 35.5. The Balaban J connectivity index is 1.49. The summed E-state index contributed by atoms with van der Waals surface area (Å²) in [6, 6.07) is 5.38. The van der Waals surface area contributed by atoms with Crippen LogP contribution >= 0.6 is 11.6 Å². The highest BCUT2D eigenvalue weighted by Crippen LogP contribution is 2.36. The molecular formula is C23H28ClF2N3O2. The number of piperidine rings is 1. The van der Waals surface area contributed by atoms with Crippen LogP contribution in [0.25, 0.3) is 10.9 Å². The van der Waals surface area contributed by atoms with Gasteiger partial charge in [-0.1, -0.05) is 17.7 Å². The zero-order valence-corrected chi connectivity index (χ0v) is 18.3. The summed E-state index contributed by atoms with van der Waals surface area (Å²) in [5.74, 6) is -2.79. The number of alkyl halides is 2. The Morgan fingerprint density at radius 3 is 2.55 bits per heavy atom. The molecule has 1 aromatic carbocycles. The summed E-state index contributed by atoms with van der Waals surface area (Å²) in [4.78, 5) is 27.6. The molecule has 5 nitrogen and oxygen atoms in total. The highest BCUT2D eigenvalue weighted by Gasteiger charge is 2.35. The third kappa shape index (κ3) is 5.03. The van der Waals surface area contributed by atoms with Gasteiger partial charge in [-0.15, -0.1) is 0 Å². The Morgan fingerprint density at radius 1 is 1.13 bits per heavy atom. The van der Waals surface area contributed by atoms with Gasteiger partial charge in [0.15, 0.2) is 0 Å². The van der Waals surface area contributed by atoms with E-state index >= 15 is 0 Å². The number of carbonyl (C=O) groups is 2. The fourth-order valence-electron chi connectivity index (χ4n) is 4.64. The van der Waals surface area contributed by atoms with Crippen molar-refractivity contribution in [3.63, 3.8) is 0 Å². The number of benzene rings is 1. The quantitative estimate of drug-likeness (QED) is 0.705. The van der Waals surface area contributed by atoms with Gasteiger partial charge in [0.25, 0.3) is 5.91 Å². The maximum atomic E-state index is 13.4. The maximum absolute atomic E-state index is 13.4. The molecule has 1 N–H and O–H groups in total. The molecule has 8 heteroatoms. The van der Waals surface area contributed by atoms with E-state index in [4.69, 9.17) is 11.6 Å². The summed E-state index contributed by atoms with van der Waals surface area (Å²) in [5, 5.41) is 3.96. The van der Waals surface area contributed by atoms with Gasteiger partial charge >= 0.3 is 0 Å². The third-order valence-corrected chi connectivity index (χ3v) is 6.82. The standard InChI is InChI=1S/C23H28ClF2N3O2/c24-18-5-4-6-19-21(18)17(14-29(19)15-20(30)28-11-2-1-3-12-28)22(31)27-13-16-7-9-23(25,26)10-8-16/h4-6,14,16H,1-3,7-13,15H2,(H,27,31). The molecule has 2 aliphatic rings. The molecule has 4 rings (SSSR count). The predicted molar refractivity (Wildman–Crippen MR) is 117 cm³/mol. The van der Waals surface area contributed by atoms with Crippen LogP contribution in [0.2, 0.25) is 5.02 Å². The second-order valence-corrected chi connectivity index (χ2v) is 9.16. The van der Waals surface area contributed by atoms with Crippen molar-refractivity contribution < 1.29 is 18.4 Å². The molecule has 1 aliphatic heterocycles. The largest absolute Gasteiger partial charge is 0.352 e. The number of hydrogen-bond acceptors (Lipinski definition) is 2. The first-order valence-corrected chi connectivity index (χ1v) is 11.4. The lowest BCUT2D eigenvalue weighted by Gasteiger charge is -2.28. The van der Waals surface area contributed by atoms with Crippen LogP contribution in [-0.4, -0.2) is 46.8 Å². The third-order valence-electron chi connectivity index (χ3n) is 6.50. The Morgan fingerprint density at radius 2 is 1.84 bits per heavy atom. The van der Waals surface area contributed by atoms with Gasteiger partial charge in [0, 0.05) is 44.1 Å². The van der Waals surface area contributed by atoms with Crippen LogP contribution in [0.1, 0.15) is 55.3 Å². The van der Waals surface area contributed by atoms with Gasteiger partial charge < -0.3 is 14.8 Å². The van der Waals surface area contributed by atoms with E-state index in [1.165, 1.54) is 0 Å². The van der Waals surface area contributed by atoms with E-state index < -0.39 is 5.92 Å². The van der Waals surface area contributed by atoms with Gasteiger partial charge in [0.1, 0.15) is 6.54 Å². The Kier molecular flexibility index (Phi) is 6.51. The summed E-state index contributed by atoms with van der Waals surface area (Å²) in [7, 11) is 0. The molecular weight excluding hydrogens is 424 g/mol. The van der Waals surface area contributed by atoms with E-state index in [0.717, 1.165) is 37.9 Å². The van der Waals surface area contributed by atoms with E-state index in [-0.39, 0.29) is 37.1 Å². The Hall–Kier alpha value is -2.15. The molecule has 2 aromatic rings. The van der Waals surface area contributed by atoms with Gasteiger partial charge in [-0.2, -0.15) is 0 Å². The number of carbonyl (C=O) groups excluding carboxylic acids is 2. The highest BCUT2D eigenvalue weighted by molar-refractivity contribution is 6.36. The van der Waals surface area contributed by atoms with E-state index in [0.29, 0.717) is 35.4 Å². The normalized spacial score (nSPS) is 19.5. The van der Waals surface area contributed by atoms with Crippen LogP contribution in [-0.2, 0) is 11.3 Å². The van der Waals surface area contributed by atoms with Crippen molar-refractivity contribution in [3.8, 4) is 0 Å². The summed E-state index contributed by atoms with van der Waals surface area (Å²) >= 11 is 6.41. The molecule has 0 bridgehead atoms. The first kappa shape index (κ1) is 22.1. The lowest BCUT2D eigenvalue weighted by atomic mass is 9.87. The zero-order chi connectivity index (χ0) is 22.0. The number of nitrogens with one attached hydrogen (secondary N) is 1. The number of amides is 2. The minimum absolute atomic E-state index is 0.0340. The number of aromatic nitrogens is 1. The van der Waals surface area contributed by atoms with Gasteiger partial charge in [-0.05, 0) is 50.2 Å². The van der Waals surface area contributed by atoms with Crippen LogP contribution in [0.5, 0.6) is 0 Å². The van der Waals surface area contributed by atoms with Crippen molar-refractivity contribution in [2.45, 2.75) is 57.4 Å². The van der Waals surface area contributed by atoms with Gasteiger partial charge in [-0.3, -0.25) is 9.59 Å². The lowest BCUT2D eigenvalue weighted by molar-refractivity contribution is -0.132. The number of rotatable bonds is 5. The van der Waals surface area contributed by atoms with Gasteiger partial charge in [-0.25, -0.2) is 8.78 Å².